The first kappa shape index (κ1) is 11.1. The first-order chi connectivity index (χ1) is 7.40. The van der Waals surface area contributed by atoms with Crippen LogP contribution in [0.15, 0.2) is 18.3 Å². The summed E-state index contributed by atoms with van der Waals surface area (Å²) >= 11 is 2.02. The van der Waals surface area contributed by atoms with E-state index in [4.69, 9.17) is 0 Å². The average molecular weight is 224 g/mol. The molecular formula is C12H20N2S. The van der Waals surface area contributed by atoms with E-state index in [-0.39, 0.29) is 0 Å². The Morgan fingerprint density at radius 2 is 2.33 bits per heavy atom. The first-order valence-electron chi connectivity index (χ1n) is 5.78. The molecule has 0 saturated heterocycles. The zero-order valence-electron chi connectivity index (χ0n) is 9.33. The van der Waals surface area contributed by atoms with Crippen LogP contribution >= 0.6 is 11.8 Å². The molecule has 15 heavy (non-hydrogen) atoms. The van der Waals surface area contributed by atoms with E-state index in [0.29, 0.717) is 6.04 Å². The van der Waals surface area contributed by atoms with Crippen molar-refractivity contribution in [2.45, 2.75) is 43.5 Å². The number of hydrogen-bond acceptors (Lipinski definition) is 2. The van der Waals surface area contributed by atoms with E-state index < -0.39 is 0 Å². The van der Waals surface area contributed by atoms with Crippen LogP contribution in [-0.4, -0.2) is 22.5 Å². The minimum Gasteiger partial charge on any atom is -0.364 e. The zero-order chi connectivity index (χ0) is 10.5. The Bertz CT molecular complexity index is 271. The summed E-state index contributed by atoms with van der Waals surface area (Å²) in [6.45, 7) is 0.981. The van der Waals surface area contributed by atoms with Crippen molar-refractivity contribution in [1.82, 2.24) is 10.3 Å². The Labute approximate surface area is 96.2 Å². The van der Waals surface area contributed by atoms with Gasteiger partial charge in [0.15, 0.2) is 0 Å². The Morgan fingerprint density at radius 3 is 3.07 bits per heavy atom. The molecule has 84 valence electrons. The molecule has 0 radical (unpaired) electrons. The Morgan fingerprint density at radius 1 is 1.47 bits per heavy atom. The topological polar surface area (TPSA) is 27.8 Å². The van der Waals surface area contributed by atoms with Crippen LogP contribution in [0.2, 0.25) is 0 Å². The molecule has 1 saturated carbocycles. The van der Waals surface area contributed by atoms with Gasteiger partial charge in [0.05, 0.1) is 0 Å². The maximum Gasteiger partial charge on any atom is 0.0360 e. The molecule has 0 bridgehead atoms. The molecular weight excluding hydrogens is 204 g/mol. The molecule has 0 spiro atoms. The highest BCUT2D eigenvalue weighted by atomic mass is 32.2. The Balaban J connectivity index is 1.81. The predicted octanol–water partition coefficient (Wildman–Crippen LogP) is 2.78. The maximum atomic E-state index is 3.67. The van der Waals surface area contributed by atoms with Crippen LogP contribution in [0.3, 0.4) is 0 Å². The van der Waals surface area contributed by atoms with Gasteiger partial charge < -0.3 is 10.3 Å². The quantitative estimate of drug-likeness (QED) is 0.823. The lowest BCUT2D eigenvalue weighted by molar-refractivity contribution is 0.382. The first-order valence-corrected chi connectivity index (χ1v) is 7.07. The van der Waals surface area contributed by atoms with Crippen molar-refractivity contribution in [2.75, 3.05) is 6.26 Å². The van der Waals surface area contributed by atoms with Crippen molar-refractivity contribution in [3.8, 4) is 0 Å². The van der Waals surface area contributed by atoms with E-state index in [0.717, 1.165) is 11.8 Å². The van der Waals surface area contributed by atoms with E-state index in [1.54, 1.807) is 0 Å². The Hall–Kier alpha value is -0.410. The number of hydrogen-bond donors (Lipinski definition) is 2. The third-order valence-corrected chi connectivity index (χ3v) is 4.39. The normalized spacial score (nSPS) is 26.7. The van der Waals surface area contributed by atoms with Gasteiger partial charge in [0.25, 0.3) is 0 Å². The molecule has 1 aromatic rings. The van der Waals surface area contributed by atoms with Crippen LogP contribution in [0.5, 0.6) is 0 Å². The summed E-state index contributed by atoms with van der Waals surface area (Å²) in [6, 6.07) is 4.91. The van der Waals surface area contributed by atoms with E-state index in [2.05, 4.69) is 28.7 Å². The molecule has 0 aromatic carbocycles. The van der Waals surface area contributed by atoms with Gasteiger partial charge in [-0.05, 0) is 31.2 Å². The van der Waals surface area contributed by atoms with Gasteiger partial charge in [-0.2, -0.15) is 11.8 Å². The van der Waals surface area contributed by atoms with Gasteiger partial charge in [0, 0.05) is 29.7 Å². The third kappa shape index (κ3) is 3.02. The van der Waals surface area contributed by atoms with Gasteiger partial charge in [0.1, 0.15) is 0 Å². The second-order valence-corrected chi connectivity index (χ2v) is 5.32. The van der Waals surface area contributed by atoms with Crippen LogP contribution in [-0.2, 0) is 6.54 Å². The van der Waals surface area contributed by atoms with Gasteiger partial charge >= 0.3 is 0 Å². The predicted molar refractivity (Wildman–Crippen MR) is 67.2 cm³/mol. The van der Waals surface area contributed by atoms with Gasteiger partial charge in [-0.25, -0.2) is 0 Å². The fourth-order valence-corrected chi connectivity index (χ4v) is 3.29. The average Bonchev–Trinajstić information content (AvgIpc) is 2.79. The molecule has 1 fully saturated rings. The maximum absolute atomic E-state index is 3.67. The second-order valence-electron chi connectivity index (χ2n) is 4.24. The summed E-state index contributed by atoms with van der Waals surface area (Å²) in [4.78, 5) is 3.24. The summed E-state index contributed by atoms with van der Waals surface area (Å²) in [7, 11) is 0. The molecule has 1 aromatic heterocycles. The number of nitrogens with one attached hydrogen (secondary N) is 2. The Kier molecular flexibility index (Phi) is 4.15. The summed E-state index contributed by atoms with van der Waals surface area (Å²) in [5.41, 5.74) is 1.29. The van der Waals surface area contributed by atoms with Gasteiger partial charge in [-0.3, -0.25) is 0 Å². The summed E-state index contributed by atoms with van der Waals surface area (Å²) < 4.78 is 0. The monoisotopic (exact) mass is 224 g/mol. The minimum absolute atomic E-state index is 0.706. The number of thioether (sulfide) groups is 1. The van der Waals surface area contributed by atoms with E-state index >= 15 is 0 Å². The highest BCUT2D eigenvalue weighted by Gasteiger charge is 2.23. The van der Waals surface area contributed by atoms with Crippen LogP contribution < -0.4 is 5.32 Å². The standard InChI is InChI=1S/C12H20N2S/c1-15-12-7-3-2-6-11(12)14-9-10-5-4-8-13-10/h4-5,8,11-14H,2-3,6-7,9H2,1H3. The van der Waals surface area contributed by atoms with Crippen molar-refractivity contribution >= 4 is 11.8 Å². The van der Waals surface area contributed by atoms with Gasteiger partial charge in [0.2, 0.25) is 0 Å². The highest BCUT2D eigenvalue weighted by molar-refractivity contribution is 7.99. The summed E-state index contributed by atoms with van der Waals surface area (Å²) in [5.74, 6) is 0. The lowest BCUT2D eigenvalue weighted by atomic mass is 9.95. The van der Waals surface area contributed by atoms with Crippen LogP contribution in [0, 0.1) is 0 Å². The molecule has 0 amide bonds. The number of rotatable bonds is 4. The summed E-state index contributed by atoms with van der Waals surface area (Å²) in [6.07, 6.45) is 9.74. The molecule has 2 atom stereocenters. The van der Waals surface area contributed by atoms with Crippen molar-refractivity contribution in [3.63, 3.8) is 0 Å². The molecule has 1 aliphatic carbocycles. The SMILES string of the molecule is CSC1CCCCC1NCc1ccc[nH]1. The van der Waals surface area contributed by atoms with Crippen molar-refractivity contribution in [1.29, 1.82) is 0 Å². The number of aromatic amines is 1. The molecule has 3 heteroatoms. The number of aromatic nitrogens is 1. The molecule has 0 aliphatic heterocycles. The van der Waals surface area contributed by atoms with Crippen molar-refractivity contribution in [2.24, 2.45) is 0 Å². The number of H-pyrrole nitrogens is 1. The van der Waals surface area contributed by atoms with E-state index in [9.17, 15) is 0 Å². The third-order valence-electron chi connectivity index (χ3n) is 3.22. The molecule has 2 unspecified atom stereocenters. The second kappa shape index (κ2) is 5.61. The van der Waals surface area contributed by atoms with Crippen LogP contribution in [0.4, 0.5) is 0 Å². The fourth-order valence-electron chi connectivity index (χ4n) is 2.33. The van der Waals surface area contributed by atoms with Gasteiger partial charge in [-0.1, -0.05) is 12.8 Å². The van der Waals surface area contributed by atoms with Crippen molar-refractivity contribution in [3.05, 3.63) is 24.0 Å². The van der Waals surface area contributed by atoms with Crippen LogP contribution in [0.1, 0.15) is 31.4 Å². The smallest absolute Gasteiger partial charge is 0.0360 e. The zero-order valence-corrected chi connectivity index (χ0v) is 10.1. The summed E-state index contributed by atoms with van der Waals surface area (Å²) in [5, 5.41) is 4.49. The molecule has 1 aliphatic rings. The molecule has 1 heterocycles. The molecule has 2 N–H and O–H groups in total. The van der Waals surface area contributed by atoms with Crippen molar-refractivity contribution < 1.29 is 0 Å². The molecule has 2 nitrogen and oxygen atoms in total. The largest absolute Gasteiger partial charge is 0.364 e. The lowest BCUT2D eigenvalue weighted by Crippen LogP contribution is -2.39. The lowest BCUT2D eigenvalue weighted by Gasteiger charge is -2.31. The minimum atomic E-state index is 0.706. The van der Waals surface area contributed by atoms with Gasteiger partial charge in [-0.15, -0.1) is 0 Å². The van der Waals surface area contributed by atoms with Crippen LogP contribution in [0.25, 0.3) is 0 Å². The molecule has 2 rings (SSSR count). The van der Waals surface area contributed by atoms with E-state index in [1.165, 1.54) is 31.4 Å². The highest BCUT2D eigenvalue weighted by Crippen LogP contribution is 2.27. The fraction of sp³-hybridized carbons (Fsp3) is 0.667. The van der Waals surface area contributed by atoms with E-state index in [1.807, 2.05) is 18.0 Å².